The summed E-state index contributed by atoms with van der Waals surface area (Å²) in [5, 5.41) is 6.16. The van der Waals surface area contributed by atoms with E-state index < -0.39 is 0 Å². The van der Waals surface area contributed by atoms with Crippen molar-refractivity contribution in [2.45, 2.75) is 50.6 Å². The predicted molar refractivity (Wildman–Crippen MR) is 101 cm³/mol. The third-order valence-electron chi connectivity index (χ3n) is 5.66. The zero-order chi connectivity index (χ0) is 17.2. The lowest BCUT2D eigenvalue weighted by molar-refractivity contribution is 0.0752. The van der Waals surface area contributed by atoms with Crippen LogP contribution in [0.5, 0.6) is 0 Å². The normalized spacial score (nSPS) is 28.5. The number of fused-ring (bicyclic) bond motifs is 2. The van der Waals surface area contributed by atoms with E-state index in [2.05, 4.69) is 22.4 Å². The van der Waals surface area contributed by atoms with Gasteiger partial charge in [0.05, 0.1) is 5.01 Å². The number of nitrogens with zero attached hydrogens (tertiary/aromatic N) is 1. The zero-order valence-electron chi connectivity index (χ0n) is 14.4. The number of carbonyl (C=O) groups excluding carboxylic acids is 1. The van der Waals surface area contributed by atoms with Gasteiger partial charge in [0.1, 0.15) is 5.69 Å². The van der Waals surface area contributed by atoms with Gasteiger partial charge in [-0.2, -0.15) is 0 Å². The first kappa shape index (κ1) is 16.7. The highest BCUT2D eigenvalue weighted by atomic mass is 32.1. The van der Waals surface area contributed by atoms with Crippen LogP contribution < -0.4 is 11.1 Å². The van der Waals surface area contributed by atoms with Gasteiger partial charge in [0, 0.05) is 23.9 Å². The fourth-order valence-electron chi connectivity index (χ4n) is 4.52. The summed E-state index contributed by atoms with van der Waals surface area (Å²) in [6.45, 7) is 0. The Morgan fingerprint density at radius 2 is 1.92 bits per heavy atom. The van der Waals surface area contributed by atoms with Crippen LogP contribution in [-0.2, 0) is 6.42 Å². The second-order valence-electron chi connectivity index (χ2n) is 7.47. The summed E-state index contributed by atoms with van der Waals surface area (Å²) in [5.74, 6) is 1.05. The molecular formula is C20H25N3OS. The molecule has 25 heavy (non-hydrogen) atoms. The van der Waals surface area contributed by atoms with Crippen LogP contribution in [0.2, 0.25) is 0 Å². The van der Waals surface area contributed by atoms with E-state index in [1.54, 1.807) is 11.3 Å². The van der Waals surface area contributed by atoms with Crippen LogP contribution in [0.25, 0.3) is 0 Å². The molecule has 2 aliphatic rings. The minimum Gasteiger partial charge on any atom is -0.347 e. The monoisotopic (exact) mass is 355 g/mol. The molecule has 2 aromatic rings. The molecular weight excluding hydrogens is 330 g/mol. The maximum Gasteiger partial charge on any atom is 0.270 e. The van der Waals surface area contributed by atoms with Crippen molar-refractivity contribution in [3.63, 3.8) is 0 Å². The molecule has 2 aliphatic carbocycles. The SMILES string of the molecule is NC1CC2CCCC(C1)C2NC(=O)c1csc(Cc2ccccc2)n1. The van der Waals surface area contributed by atoms with Crippen LogP contribution in [0.4, 0.5) is 0 Å². The highest BCUT2D eigenvalue weighted by molar-refractivity contribution is 7.09. The Kier molecular flexibility index (Phi) is 4.86. The van der Waals surface area contributed by atoms with Crippen molar-refractivity contribution < 1.29 is 4.79 Å². The molecule has 0 radical (unpaired) electrons. The van der Waals surface area contributed by atoms with E-state index >= 15 is 0 Å². The fraction of sp³-hybridized carbons (Fsp3) is 0.500. The summed E-state index contributed by atoms with van der Waals surface area (Å²) < 4.78 is 0. The third kappa shape index (κ3) is 3.77. The number of thiazole rings is 1. The number of nitrogens with two attached hydrogens (primary N) is 1. The van der Waals surface area contributed by atoms with Crippen molar-refractivity contribution in [2.75, 3.05) is 0 Å². The van der Waals surface area contributed by atoms with Crippen molar-refractivity contribution in [3.8, 4) is 0 Å². The number of aromatic nitrogens is 1. The molecule has 2 unspecified atom stereocenters. The number of nitrogens with one attached hydrogen (secondary N) is 1. The molecule has 4 rings (SSSR count). The second kappa shape index (κ2) is 7.26. The van der Waals surface area contributed by atoms with Crippen LogP contribution in [-0.4, -0.2) is 23.0 Å². The zero-order valence-corrected chi connectivity index (χ0v) is 15.2. The second-order valence-corrected chi connectivity index (χ2v) is 8.41. The molecule has 3 N–H and O–H groups in total. The summed E-state index contributed by atoms with van der Waals surface area (Å²) in [6.07, 6.45) is 6.50. The first-order chi connectivity index (χ1) is 12.2. The molecule has 1 heterocycles. The number of benzene rings is 1. The summed E-state index contributed by atoms with van der Waals surface area (Å²) in [7, 11) is 0. The molecule has 1 amide bonds. The van der Waals surface area contributed by atoms with Crippen molar-refractivity contribution in [3.05, 3.63) is 52.0 Å². The standard InChI is InChI=1S/C20H25N3OS/c21-16-10-14-7-4-8-15(11-16)19(14)23-20(24)17-12-25-18(22-17)9-13-5-2-1-3-6-13/h1-3,5-6,12,14-16,19H,4,7-11,21H2,(H,23,24). The summed E-state index contributed by atoms with van der Waals surface area (Å²) >= 11 is 1.56. The van der Waals surface area contributed by atoms with Crippen molar-refractivity contribution in [1.29, 1.82) is 0 Å². The van der Waals surface area contributed by atoms with Gasteiger partial charge in [0.15, 0.2) is 0 Å². The van der Waals surface area contributed by atoms with Crippen molar-refractivity contribution >= 4 is 17.2 Å². The van der Waals surface area contributed by atoms with E-state index in [-0.39, 0.29) is 11.9 Å². The van der Waals surface area contributed by atoms with Gasteiger partial charge in [-0.25, -0.2) is 4.98 Å². The first-order valence-electron chi connectivity index (χ1n) is 9.24. The van der Waals surface area contributed by atoms with E-state index in [0.717, 1.165) is 24.3 Å². The molecule has 5 heteroatoms. The molecule has 2 atom stereocenters. The van der Waals surface area contributed by atoms with E-state index in [9.17, 15) is 4.79 Å². The molecule has 2 saturated carbocycles. The van der Waals surface area contributed by atoms with Gasteiger partial charge < -0.3 is 11.1 Å². The van der Waals surface area contributed by atoms with E-state index in [1.165, 1.54) is 24.8 Å². The Morgan fingerprint density at radius 1 is 1.20 bits per heavy atom. The lowest BCUT2D eigenvalue weighted by Crippen LogP contribution is -2.53. The Morgan fingerprint density at radius 3 is 2.64 bits per heavy atom. The first-order valence-corrected chi connectivity index (χ1v) is 10.1. The highest BCUT2D eigenvalue weighted by Crippen LogP contribution is 2.39. The van der Waals surface area contributed by atoms with Crippen LogP contribution in [0, 0.1) is 11.8 Å². The Balaban J connectivity index is 1.42. The van der Waals surface area contributed by atoms with Gasteiger partial charge in [-0.15, -0.1) is 11.3 Å². The summed E-state index contributed by atoms with van der Waals surface area (Å²) in [4.78, 5) is 17.3. The van der Waals surface area contributed by atoms with Gasteiger partial charge >= 0.3 is 0 Å². The molecule has 132 valence electrons. The average molecular weight is 356 g/mol. The van der Waals surface area contributed by atoms with E-state index in [4.69, 9.17) is 5.73 Å². The molecule has 1 aromatic heterocycles. The van der Waals surface area contributed by atoms with Crippen LogP contribution in [0.1, 0.15) is 53.2 Å². The molecule has 0 saturated heterocycles. The van der Waals surface area contributed by atoms with E-state index in [1.807, 2.05) is 23.6 Å². The molecule has 0 aliphatic heterocycles. The smallest absolute Gasteiger partial charge is 0.270 e. The minimum atomic E-state index is -0.0204. The Labute approximate surface area is 152 Å². The van der Waals surface area contributed by atoms with Gasteiger partial charge in [-0.3, -0.25) is 4.79 Å². The quantitative estimate of drug-likeness (QED) is 0.883. The number of hydrogen-bond donors (Lipinski definition) is 2. The average Bonchev–Trinajstić information content (AvgIpc) is 3.05. The van der Waals surface area contributed by atoms with Gasteiger partial charge in [0.2, 0.25) is 0 Å². The number of hydrogen-bond acceptors (Lipinski definition) is 4. The molecule has 1 aromatic carbocycles. The van der Waals surface area contributed by atoms with Gasteiger partial charge in [-0.05, 0) is 43.1 Å². The topological polar surface area (TPSA) is 68.0 Å². The lowest BCUT2D eigenvalue weighted by atomic mass is 9.67. The fourth-order valence-corrected chi connectivity index (χ4v) is 5.33. The van der Waals surface area contributed by atoms with Crippen LogP contribution in [0.3, 0.4) is 0 Å². The Bertz CT molecular complexity index is 716. The summed E-state index contributed by atoms with van der Waals surface area (Å²) in [6, 6.07) is 10.8. The largest absolute Gasteiger partial charge is 0.347 e. The molecule has 4 nitrogen and oxygen atoms in total. The Hall–Kier alpha value is -1.72. The van der Waals surface area contributed by atoms with Crippen molar-refractivity contribution in [1.82, 2.24) is 10.3 Å². The summed E-state index contributed by atoms with van der Waals surface area (Å²) in [5.41, 5.74) is 7.96. The highest BCUT2D eigenvalue weighted by Gasteiger charge is 2.40. The van der Waals surface area contributed by atoms with Crippen LogP contribution in [0.15, 0.2) is 35.7 Å². The number of carbonyl (C=O) groups is 1. The van der Waals surface area contributed by atoms with E-state index in [0.29, 0.717) is 23.6 Å². The van der Waals surface area contributed by atoms with Gasteiger partial charge in [-0.1, -0.05) is 36.8 Å². The maximum absolute atomic E-state index is 12.7. The number of amides is 1. The molecule has 0 spiro atoms. The predicted octanol–water partition coefficient (Wildman–Crippen LogP) is 3.37. The van der Waals surface area contributed by atoms with Gasteiger partial charge in [0.25, 0.3) is 5.91 Å². The molecule has 2 fully saturated rings. The lowest BCUT2D eigenvalue weighted by Gasteiger charge is -2.45. The third-order valence-corrected chi connectivity index (χ3v) is 6.51. The number of rotatable bonds is 4. The minimum absolute atomic E-state index is 0.0204. The molecule has 2 bridgehead atoms. The van der Waals surface area contributed by atoms with Crippen molar-refractivity contribution in [2.24, 2.45) is 17.6 Å². The maximum atomic E-state index is 12.7. The van der Waals surface area contributed by atoms with Crippen LogP contribution >= 0.6 is 11.3 Å².